The van der Waals surface area contributed by atoms with Gasteiger partial charge in [0.25, 0.3) is 0 Å². The lowest BCUT2D eigenvalue weighted by Crippen LogP contribution is -2.31. The third kappa shape index (κ3) is 3.02. The van der Waals surface area contributed by atoms with Gasteiger partial charge in [0, 0.05) is 17.4 Å². The van der Waals surface area contributed by atoms with Gasteiger partial charge in [-0.2, -0.15) is 0 Å². The Bertz CT molecular complexity index is 345. The smallest absolute Gasteiger partial charge is 0.0394 e. The Kier molecular flexibility index (Phi) is 5.04. The summed E-state index contributed by atoms with van der Waals surface area (Å²) in [5.74, 6) is 0. The molecule has 1 aliphatic heterocycles. The van der Waals surface area contributed by atoms with E-state index in [2.05, 4.69) is 52.2 Å². The fourth-order valence-corrected chi connectivity index (χ4v) is 2.56. The van der Waals surface area contributed by atoms with Crippen LogP contribution in [0.5, 0.6) is 0 Å². The molecule has 0 saturated heterocycles. The summed E-state index contributed by atoms with van der Waals surface area (Å²) in [5.41, 5.74) is 5.57. The first-order chi connectivity index (χ1) is 8.02. The Labute approximate surface area is 107 Å². The van der Waals surface area contributed by atoms with Crippen LogP contribution in [0, 0.1) is 0 Å². The standard InChI is InChI=1S/C16H27N/c1-7-14(6)17-15(8-2)13(5)10-9-11-16(17)12(3)4/h11,14H,3,7-10H2,1-2,4-6H3. The summed E-state index contributed by atoms with van der Waals surface area (Å²) in [4.78, 5) is 2.52. The van der Waals surface area contributed by atoms with Crippen LogP contribution < -0.4 is 0 Å². The van der Waals surface area contributed by atoms with E-state index in [1.54, 1.807) is 5.57 Å². The zero-order chi connectivity index (χ0) is 13.0. The Balaban J connectivity index is 3.23. The van der Waals surface area contributed by atoms with E-state index in [4.69, 9.17) is 0 Å². The van der Waals surface area contributed by atoms with Gasteiger partial charge in [0.1, 0.15) is 0 Å². The van der Waals surface area contributed by atoms with Crippen LogP contribution in [0.2, 0.25) is 0 Å². The largest absolute Gasteiger partial charge is 0.342 e. The van der Waals surface area contributed by atoms with E-state index < -0.39 is 0 Å². The molecule has 0 N–H and O–H groups in total. The lowest BCUT2D eigenvalue weighted by molar-refractivity contribution is 0.319. The summed E-state index contributed by atoms with van der Waals surface area (Å²) < 4.78 is 0. The average molecular weight is 233 g/mol. The molecule has 0 saturated carbocycles. The van der Waals surface area contributed by atoms with Crippen molar-refractivity contribution in [2.75, 3.05) is 0 Å². The van der Waals surface area contributed by atoms with Gasteiger partial charge >= 0.3 is 0 Å². The van der Waals surface area contributed by atoms with Gasteiger partial charge in [-0.3, -0.25) is 0 Å². The molecule has 1 rings (SSSR count). The number of hydrogen-bond acceptors (Lipinski definition) is 1. The maximum absolute atomic E-state index is 4.15. The molecular weight excluding hydrogens is 206 g/mol. The predicted octanol–water partition coefficient (Wildman–Crippen LogP) is 5.02. The molecule has 0 radical (unpaired) electrons. The van der Waals surface area contributed by atoms with Crippen LogP contribution in [0.1, 0.15) is 60.3 Å². The quantitative estimate of drug-likeness (QED) is 0.658. The van der Waals surface area contributed by atoms with Gasteiger partial charge in [-0.05, 0) is 52.0 Å². The molecule has 0 aliphatic carbocycles. The first kappa shape index (κ1) is 14.1. The van der Waals surface area contributed by atoms with Gasteiger partial charge in [0.05, 0.1) is 0 Å². The minimum atomic E-state index is 0.556. The normalized spacial score (nSPS) is 18.9. The monoisotopic (exact) mass is 233 g/mol. The van der Waals surface area contributed by atoms with Gasteiger partial charge in [0.15, 0.2) is 0 Å². The van der Waals surface area contributed by atoms with Crippen LogP contribution in [0.4, 0.5) is 0 Å². The molecule has 1 atom stereocenters. The molecule has 17 heavy (non-hydrogen) atoms. The van der Waals surface area contributed by atoms with E-state index >= 15 is 0 Å². The molecule has 1 nitrogen and oxygen atoms in total. The highest BCUT2D eigenvalue weighted by atomic mass is 15.2. The minimum absolute atomic E-state index is 0.556. The van der Waals surface area contributed by atoms with E-state index in [9.17, 15) is 0 Å². The zero-order valence-corrected chi connectivity index (χ0v) is 12.1. The number of hydrogen-bond donors (Lipinski definition) is 0. The summed E-state index contributed by atoms with van der Waals surface area (Å²) in [5, 5.41) is 0. The maximum atomic E-state index is 4.15. The van der Waals surface area contributed by atoms with Crippen LogP contribution in [-0.2, 0) is 0 Å². The van der Waals surface area contributed by atoms with Crippen molar-refractivity contribution in [3.05, 3.63) is 35.2 Å². The van der Waals surface area contributed by atoms with E-state index in [0.29, 0.717) is 6.04 Å². The van der Waals surface area contributed by atoms with Crippen molar-refractivity contribution in [1.82, 2.24) is 4.90 Å². The third-order valence-corrected chi connectivity index (χ3v) is 3.70. The molecule has 1 unspecified atom stereocenters. The minimum Gasteiger partial charge on any atom is -0.342 e. The second-order valence-corrected chi connectivity index (χ2v) is 5.12. The fraction of sp³-hybridized carbons (Fsp3) is 0.625. The maximum Gasteiger partial charge on any atom is 0.0394 e. The topological polar surface area (TPSA) is 3.24 Å². The van der Waals surface area contributed by atoms with Crippen molar-refractivity contribution in [3.8, 4) is 0 Å². The van der Waals surface area contributed by atoms with Crippen LogP contribution in [-0.4, -0.2) is 10.9 Å². The molecule has 0 fully saturated rings. The SMILES string of the molecule is C=C(C)C1=CCCC(C)=C(CC)N1C(C)CC. The summed E-state index contributed by atoms with van der Waals surface area (Å²) >= 11 is 0. The molecule has 1 heteroatoms. The molecule has 0 spiro atoms. The summed E-state index contributed by atoms with van der Waals surface area (Å²) in [7, 11) is 0. The fourth-order valence-electron chi connectivity index (χ4n) is 2.56. The van der Waals surface area contributed by atoms with Crippen molar-refractivity contribution >= 4 is 0 Å². The molecule has 1 aliphatic rings. The van der Waals surface area contributed by atoms with E-state index in [0.717, 1.165) is 12.8 Å². The Hall–Kier alpha value is -0.980. The van der Waals surface area contributed by atoms with Crippen molar-refractivity contribution in [2.45, 2.75) is 66.3 Å². The molecule has 0 aromatic heterocycles. The van der Waals surface area contributed by atoms with Crippen molar-refractivity contribution in [1.29, 1.82) is 0 Å². The molecular formula is C16H27N. The summed E-state index contributed by atoms with van der Waals surface area (Å²) in [6, 6.07) is 0.556. The average Bonchev–Trinajstić information content (AvgIpc) is 2.46. The predicted molar refractivity (Wildman–Crippen MR) is 76.7 cm³/mol. The molecule has 0 bridgehead atoms. The molecule has 0 aromatic carbocycles. The van der Waals surface area contributed by atoms with Crippen molar-refractivity contribution < 1.29 is 0 Å². The Morgan fingerprint density at radius 2 is 2.12 bits per heavy atom. The Morgan fingerprint density at radius 1 is 1.47 bits per heavy atom. The van der Waals surface area contributed by atoms with E-state index in [-0.39, 0.29) is 0 Å². The van der Waals surface area contributed by atoms with Crippen LogP contribution in [0.3, 0.4) is 0 Å². The first-order valence-electron chi connectivity index (χ1n) is 6.86. The van der Waals surface area contributed by atoms with E-state index in [1.807, 2.05) is 0 Å². The number of rotatable bonds is 4. The van der Waals surface area contributed by atoms with E-state index in [1.165, 1.54) is 29.8 Å². The van der Waals surface area contributed by atoms with Crippen LogP contribution in [0.15, 0.2) is 35.2 Å². The summed E-state index contributed by atoms with van der Waals surface area (Å²) in [6.45, 7) is 15.4. The zero-order valence-electron chi connectivity index (χ0n) is 12.1. The Morgan fingerprint density at radius 3 is 2.59 bits per heavy atom. The molecule has 0 aromatic rings. The van der Waals surface area contributed by atoms with Gasteiger partial charge in [-0.25, -0.2) is 0 Å². The lowest BCUT2D eigenvalue weighted by Gasteiger charge is -2.35. The van der Waals surface area contributed by atoms with Gasteiger partial charge in [-0.1, -0.05) is 32.1 Å². The molecule has 1 heterocycles. The van der Waals surface area contributed by atoms with Crippen LogP contribution in [0.25, 0.3) is 0 Å². The van der Waals surface area contributed by atoms with Crippen molar-refractivity contribution in [2.24, 2.45) is 0 Å². The third-order valence-electron chi connectivity index (χ3n) is 3.70. The first-order valence-corrected chi connectivity index (χ1v) is 6.86. The number of allylic oxidation sites excluding steroid dienone is 4. The number of nitrogens with zero attached hydrogens (tertiary/aromatic N) is 1. The second kappa shape index (κ2) is 6.09. The molecule has 0 amide bonds. The van der Waals surface area contributed by atoms with Crippen LogP contribution >= 0.6 is 0 Å². The second-order valence-electron chi connectivity index (χ2n) is 5.12. The lowest BCUT2D eigenvalue weighted by atomic mass is 10.1. The van der Waals surface area contributed by atoms with Gasteiger partial charge in [0.2, 0.25) is 0 Å². The van der Waals surface area contributed by atoms with Gasteiger partial charge < -0.3 is 4.90 Å². The highest BCUT2D eigenvalue weighted by molar-refractivity contribution is 5.33. The highest BCUT2D eigenvalue weighted by Gasteiger charge is 2.22. The molecule has 96 valence electrons. The van der Waals surface area contributed by atoms with Crippen molar-refractivity contribution in [3.63, 3.8) is 0 Å². The highest BCUT2D eigenvalue weighted by Crippen LogP contribution is 2.32. The van der Waals surface area contributed by atoms with Gasteiger partial charge in [-0.15, -0.1) is 0 Å². The summed E-state index contributed by atoms with van der Waals surface area (Å²) in [6.07, 6.45) is 6.97.